The van der Waals surface area contributed by atoms with Crippen molar-refractivity contribution in [3.05, 3.63) is 103 Å². The van der Waals surface area contributed by atoms with E-state index in [1.165, 1.54) is 11.6 Å². The van der Waals surface area contributed by atoms with E-state index >= 15 is 0 Å². The van der Waals surface area contributed by atoms with E-state index in [1.54, 1.807) is 29.9 Å². The van der Waals surface area contributed by atoms with Crippen LogP contribution in [-0.4, -0.2) is 24.9 Å². The number of aromatic nitrogens is 4. The van der Waals surface area contributed by atoms with Crippen molar-refractivity contribution in [2.45, 2.75) is 6.54 Å². The van der Waals surface area contributed by atoms with Gasteiger partial charge in [-0.2, -0.15) is 10.1 Å². The van der Waals surface area contributed by atoms with Crippen LogP contribution in [0.4, 0.5) is 5.95 Å². The molecule has 5 aromatic rings. The van der Waals surface area contributed by atoms with E-state index in [1.807, 2.05) is 48.5 Å². The molecule has 0 aliphatic carbocycles. The lowest BCUT2D eigenvalue weighted by Gasteiger charge is -2.18. The third kappa shape index (κ3) is 4.08. The smallest absolute Gasteiger partial charge is 0.306 e. The molecule has 0 saturated carbocycles. The Morgan fingerprint density at radius 2 is 1.69 bits per heavy atom. The second kappa shape index (κ2) is 8.99. The summed E-state index contributed by atoms with van der Waals surface area (Å²) in [5.74, 6) is 0.453. The Bertz CT molecular complexity index is 1730. The first-order valence-corrected chi connectivity index (χ1v) is 11.8. The van der Waals surface area contributed by atoms with E-state index in [-0.39, 0.29) is 0 Å². The highest BCUT2D eigenvalue weighted by atomic mass is 79.9. The maximum Gasteiger partial charge on any atom is 0.332 e. The molecule has 8 nitrogen and oxygen atoms in total. The minimum absolute atomic E-state index is 0.315. The number of halogens is 1. The second-order valence-corrected chi connectivity index (χ2v) is 9.26. The number of nitrogens with zero attached hydrogens (tertiary/aromatic N) is 6. The predicted octanol–water partition coefficient (Wildman–Crippen LogP) is 3.93. The molecule has 2 heterocycles. The van der Waals surface area contributed by atoms with Crippen LogP contribution in [0.1, 0.15) is 11.1 Å². The summed E-state index contributed by atoms with van der Waals surface area (Å²) in [6.07, 6.45) is 1.80. The van der Waals surface area contributed by atoms with Gasteiger partial charge in [0.1, 0.15) is 0 Å². The molecular weight excluding hydrogens is 508 g/mol. The van der Waals surface area contributed by atoms with Gasteiger partial charge < -0.3 is 4.57 Å². The predicted molar refractivity (Wildman–Crippen MR) is 143 cm³/mol. The molecule has 0 N–H and O–H groups in total. The lowest BCUT2D eigenvalue weighted by Crippen LogP contribution is -2.37. The number of aryl methyl sites for hydroxylation is 2. The van der Waals surface area contributed by atoms with Crippen molar-refractivity contribution >= 4 is 50.0 Å². The van der Waals surface area contributed by atoms with Crippen LogP contribution >= 0.6 is 15.9 Å². The summed E-state index contributed by atoms with van der Waals surface area (Å²) in [4.78, 5) is 30.1. The van der Waals surface area contributed by atoms with E-state index in [0.29, 0.717) is 23.7 Å². The van der Waals surface area contributed by atoms with Gasteiger partial charge in [-0.25, -0.2) is 9.80 Å². The van der Waals surface area contributed by atoms with Crippen LogP contribution in [0.2, 0.25) is 0 Å². The summed E-state index contributed by atoms with van der Waals surface area (Å²) in [7, 11) is 4.84. The largest absolute Gasteiger partial charge is 0.332 e. The number of imidazole rings is 1. The molecule has 0 aliphatic heterocycles. The van der Waals surface area contributed by atoms with Gasteiger partial charge in [0.05, 0.1) is 12.8 Å². The number of anilines is 1. The molecule has 0 bridgehead atoms. The number of rotatable bonds is 5. The summed E-state index contributed by atoms with van der Waals surface area (Å²) < 4.78 is 5.11. The van der Waals surface area contributed by atoms with Crippen molar-refractivity contribution in [2.75, 3.05) is 5.01 Å². The first-order chi connectivity index (χ1) is 16.8. The summed E-state index contributed by atoms with van der Waals surface area (Å²) in [5.41, 5.74) is 1.79. The van der Waals surface area contributed by atoms with Crippen LogP contribution in [-0.2, 0) is 27.7 Å². The van der Waals surface area contributed by atoms with E-state index < -0.39 is 11.2 Å². The molecule has 2 aromatic heterocycles. The molecule has 0 aliphatic rings. The highest BCUT2D eigenvalue weighted by Crippen LogP contribution is 2.23. The Kier molecular flexibility index (Phi) is 5.86. The molecule has 0 saturated heterocycles. The second-order valence-electron chi connectivity index (χ2n) is 8.35. The fourth-order valence-corrected chi connectivity index (χ4v) is 4.65. The molecule has 0 atom stereocenters. The molecule has 0 unspecified atom stereocenters. The minimum atomic E-state index is -0.426. The molecule has 176 valence electrons. The van der Waals surface area contributed by atoms with Crippen molar-refractivity contribution in [3.63, 3.8) is 0 Å². The standard InChI is InChI=1S/C26H23BrN6O2/c1-30-22-23(31(2)26(35)32(3)24(22)34)29-25(30)33(16-17-8-6-12-20(27)14-17)28-15-19-11-7-10-18-9-4-5-13-21(18)19/h4-15H,16H2,1-3H3/b28-15-. The van der Waals surface area contributed by atoms with E-state index in [9.17, 15) is 9.59 Å². The third-order valence-corrected chi connectivity index (χ3v) is 6.56. The quantitative estimate of drug-likeness (QED) is 0.255. The van der Waals surface area contributed by atoms with Crippen LogP contribution in [0.3, 0.4) is 0 Å². The highest BCUT2D eigenvalue weighted by Gasteiger charge is 2.21. The molecule has 5 rings (SSSR count). The maximum atomic E-state index is 12.9. The number of hydrazone groups is 1. The Morgan fingerprint density at radius 1 is 0.943 bits per heavy atom. The van der Waals surface area contributed by atoms with Gasteiger partial charge >= 0.3 is 5.69 Å². The summed E-state index contributed by atoms with van der Waals surface area (Å²) >= 11 is 3.53. The van der Waals surface area contributed by atoms with Crippen LogP contribution in [0.15, 0.2) is 85.9 Å². The number of fused-ring (bicyclic) bond motifs is 2. The molecule has 3 aromatic carbocycles. The Balaban J connectivity index is 1.68. The molecule has 0 amide bonds. The third-order valence-electron chi connectivity index (χ3n) is 6.06. The van der Waals surface area contributed by atoms with Crippen LogP contribution < -0.4 is 16.3 Å². The van der Waals surface area contributed by atoms with E-state index in [0.717, 1.165) is 30.9 Å². The molecule has 9 heteroatoms. The van der Waals surface area contributed by atoms with Crippen molar-refractivity contribution in [1.82, 2.24) is 18.7 Å². The van der Waals surface area contributed by atoms with Crippen LogP contribution in [0.5, 0.6) is 0 Å². The Hall–Kier alpha value is -3.98. The summed E-state index contributed by atoms with van der Waals surface area (Å²) in [6.45, 7) is 0.409. The first kappa shape index (κ1) is 22.8. The topological polar surface area (TPSA) is 77.4 Å². The SMILES string of the molecule is Cn1c(=O)c2c(nc(N(Cc3cccc(Br)c3)/N=C\c3cccc4ccccc34)n2C)n(C)c1=O. The van der Waals surface area contributed by atoms with Gasteiger partial charge in [-0.05, 0) is 28.5 Å². The van der Waals surface area contributed by atoms with Crippen molar-refractivity contribution in [1.29, 1.82) is 0 Å². The molecular formula is C26H23BrN6O2. The van der Waals surface area contributed by atoms with E-state index in [2.05, 4.69) is 39.1 Å². The van der Waals surface area contributed by atoms with Gasteiger partial charge in [0.2, 0.25) is 5.95 Å². The summed E-state index contributed by atoms with van der Waals surface area (Å²) in [5, 5.41) is 8.76. The highest BCUT2D eigenvalue weighted by molar-refractivity contribution is 9.10. The van der Waals surface area contributed by atoms with Crippen LogP contribution in [0, 0.1) is 0 Å². The van der Waals surface area contributed by atoms with Gasteiger partial charge in [0.25, 0.3) is 5.56 Å². The van der Waals surface area contributed by atoms with E-state index in [4.69, 9.17) is 5.10 Å². The van der Waals surface area contributed by atoms with Crippen LogP contribution in [0.25, 0.3) is 21.9 Å². The fourth-order valence-electron chi connectivity index (χ4n) is 4.20. The van der Waals surface area contributed by atoms with Gasteiger partial charge in [0.15, 0.2) is 11.2 Å². The number of hydrogen-bond acceptors (Lipinski definition) is 5. The summed E-state index contributed by atoms with van der Waals surface area (Å²) in [6, 6.07) is 22.1. The van der Waals surface area contributed by atoms with Gasteiger partial charge in [-0.1, -0.05) is 70.5 Å². The zero-order valence-corrected chi connectivity index (χ0v) is 21.1. The normalized spacial score (nSPS) is 11.7. The number of benzene rings is 3. The Morgan fingerprint density at radius 3 is 2.49 bits per heavy atom. The minimum Gasteiger partial charge on any atom is -0.306 e. The van der Waals surface area contributed by atoms with Crippen molar-refractivity contribution in [2.24, 2.45) is 26.2 Å². The molecule has 35 heavy (non-hydrogen) atoms. The fraction of sp³-hybridized carbons (Fsp3) is 0.154. The van der Waals surface area contributed by atoms with Crippen molar-refractivity contribution < 1.29 is 0 Å². The lowest BCUT2D eigenvalue weighted by molar-refractivity contribution is 0.705. The molecule has 0 radical (unpaired) electrons. The maximum absolute atomic E-state index is 12.9. The molecule has 0 fully saturated rings. The first-order valence-electron chi connectivity index (χ1n) is 11.0. The van der Waals surface area contributed by atoms with Gasteiger partial charge in [0, 0.05) is 31.2 Å². The van der Waals surface area contributed by atoms with Crippen molar-refractivity contribution in [3.8, 4) is 0 Å². The Labute approximate surface area is 209 Å². The number of hydrogen-bond donors (Lipinski definition) is 0. The van der Waals surface area contributed by atoms with Gasteiger partial charge in [-0.3, -0.25) is 13.9 Å². The zero-order valence-electron chi connectivity index (χ0n) is 19.5. The average Bonchev–Trinajstić information content (AvgIpc) is 3.21. The average molecular weight is 531 g/mol. The van der Waals surface area contributed by atoms with Gasteiger partial charge in [-0.15, -0.1) is 0 Å². The monoisotopic (exact) mass is 530 g/mol. The molecule has 0 spiro atoms. The zero-order chi connectivity index (χ0) is 24.7. The lowest BCUT2D eigenvalue weighted by atomic mass is 10.1.